The molecule has 0 unspecified atom stereocenters. The topological polar surface area (TPSA) is 93.1 Å². The minimum Gasteiger partial charge on any atom is -0.493 e. The van der Waals surface area contributed by atoms with Crippen LogP contribution in [0.15, 0.2) is 60.7 Å². The lowest BCUT2D eigenvalue weighted by molar-refractivity contribution is 0.0952. The lowest BCUT2D eigenvalue weighted by Crippen LogP contribution is -2.24. The zero-order chi connectivity index (χ0) is 32.0. The molecule has 0 aliphatic heterocycles. The van der Waals surface area contributed by atoms with Gasteiger partial charge in [-0.3, -0.25) is 4.79 Å². The number of unbranched alkanes of at least 4 members (excludes halogenated alkanes) is 3. The number of carbonyl (C=O) groups excluding carboxylic acids is 1. The van der Waals surface area contributed by atoms with Crippen molar-refractivity contribution in [3.63, 3.8) is 0 Å². The SMILES string of the molecule is C/C=C/c1ccc(OCCCCn2c(CCCCCNC(=O)c3cc(OC)c(OC)c(OC)c3)nc3ccccc32)c(OC)c1. The molecule has 1 aromatic heterocycles. The maximum absolute atomic E-state index is 12.8. The Morgan fingerprint density at radius 2 is 1.58 bits per heavy atom. The van der Waals surface area contributed by atoms with E-state index in [1.54, 1.807) is 19.2 Å². The quantitative estimate of drug-likeness (QED) is 0.119. The summed E-state index contributed by atoms with van der Waals surface area (Å²) in [5.41, 5.74) is 3.73. The van der Waals surface area contributed by atoms with Crippen LogP contribution in [-0.2, 0) is 13.0 Å². The van der Waals surface area contributed by atoms with E-state index >= 15 is 0 Å². The minimum absolute atomic E-state index is 0.177. The fraction of sp³-hybridized carbons (Fsp3) is 0.389. The van der Waals surface area contributed by atoms with E-state index in [9.17, 15) is 4.79 Å². The molecule has 4 aromatic rings. The Morgan fingerprint density at radius 3 is 2.29 bits per heavy atom. The van der Waals surface area contributed by atoms with E-state index in [0.717, 1.165) is 79.0 Å². The van der Waals surface area contributed by atoms with Gasteiger partial charge in [0.2, 0.25) is 5.75 Å². The van der Waals surface area contributed by atoms with Crippen LogP contribution < -0.4 is 29.0 Å². The Hall–Kier alpha value is -4.66. The first-order valence-corrected chi connectivity index (χ1v) is 15.5. The van der Waals surface area contributed by atoms with Crippen molar-refractivity contribution in [2.75, 3.05) is 41.6 Å². The second kappa shape index (κ2) is 17.0. The normalized spacial score (nSPS) is 11.1. The average molecular weight is 616 g/mol. The van der Waals surface area contributed by atoms with E-state index in [1.165, 1.54) is 21.3 Å². The molecule has 0 saturated heterocycles. The van der Waals surface area contributed by atoms with Gasteiger partial charge in [-0.05, 0) is 74.6 Å². The van der Waals surface area contributed by atoms with E-state index in [2.05, 4.69) is 28.1 Å². The number of ether oxygens (including phenoxy) is 5. The van der Waals surface area contributed by atoms with Gasteiger partial charge in [-0.15, -0.1) is 0 Å². The number of aromatic nitrogens is 2. The van der Waals surface area contributed by atoms with Crippen LogP contribution in [0, 0.1) is 0 Å². The number of allylic oxidation sites excluding steroid dienone is 1. The Kier molecular flexibility index (Phi) is 12.5. The number of benzene rings is 3. The zero-order valence-corrected chi connectivity index (χ0v) is 27.1. The predicted molar refractivity (Wildman–Crippen MR) is 178 cm³/mol. The summed E-state index contributed by atoms with van der Waals surface area (Å²) in [7, 11) is 6.27. The van der Waals surface area contributed by atoms with Crippen LogP contribution in [-0.4, -0.2) is 57.0 Å². The maximum Gasteiger partial charge on any atom is 0.251 e. The molecule has 9 nitrogen and oxygen atoms in total. The van der Waals surface area contributed by atoms with E-state index in [-0.39, 0.29) is 5.91 Å². The third-order valence-electron chi connectivity index (χ3n) is 7.60. The van der Waals surface area contributed by atoms with Crippen molar-refractivity contribution >= 4 is 23.0 Å². The lowest BCUT2D eigenvalue weighted by Gasteiger charge is -2.14. The largest absolute Gasteiger partial charge is 0.493 e. The van der Waals surface area contributed by atoms with Gasteiger partial charge in [-0.1, -0.05) is 36.8 Å². The fourth-order valence-corrected chi connectivity index (χ4v) is 5.32. The summed E-state index contributed by atoms with van der Waals surface area (Å²) in [5.74, 6) is 3.79. The second-order valence-corrected chi connectivity index (χ2v) is 10.6. The van der Waals surface area contributed by atoms with Gasteiger partial charge < -0.3 is 33.6 Å². The molecule has 0 atom stereocenters. The number of fused-ring (bicyclic) bond motifs is 1. The summed E-state index contributed by atoms with van der Waals surface area (Å²) >= 11 is 0. The van der Waals surface area contributed by atoms with Gasteiger partial charge in [-0.25, -0.2) is 4.98 Å². The number of imidazole rings is 1. The molecular formula is C36H45N3O6. The molecule has 4 rings (SSSR count). The van der Waals surface area contributed by atoms with Crippen molar-refractivity contribution in [1.29, 1.82) is 0 Å². The van der Waals surface area contributed by atoms with Crippen LogP contribution in [0.2, 0.25) is 0 Å². The monoisotopic (exact) mass is 615 g/mol. The molecule has 0 spiro atoms. The number of hydrogen-bond acceptors (Lipinski definition) is 7. The first-order valence-electron chi connectivity index (χ1n) is 15.5. The van der Waals surface area contributed by atoms with Crippen molar-refractivity contribution in [3.05, 3.63) is 77.6 Å². The second-order valence-electron chi connectivity index (χ2n) is 10.6. The smallest absolute Gasteiger partial charge is 0.251 e. The standard InChI is InChI=1S/C36H45N3O6/c1-6-14-26-18-19-30(31(23-26)41-2)45-22-13-12-21-39-29-16-10-9-15-28(29)38-34(39)17-8-7-11-20-37-36(40)27-24-32(42-3)35(44-5)33(25-27)43-4/h6,9-10,14-16,18-19,23-25H,7-8,11-13,17,20-22H2,1-5H3,(H,37,40)/b14-6+. The molecule has 0 aliphatic carbocycles. The van der Waals surface area contributed by atoms with Crippen molar-refractivity contribution in [1.82, 2.24) is 14.9 Å². The Balaban J connectivity index is 1.25. The fourth-order valence-electron chi connectivity index (χ4n) is 5.32. The highest BCUT2D eigenvalue weighted by atomic mass is 16.5. The molecule has 1 amide bonds. The highest BCUT2D eigenvalue weighted by Crippen LogP contribution is 2.38. The molecule has 1 N–H and O–H groups in total. The molecular weight excluding hydrogens is 570 g/mol. The van der Waals surface area contributed by atoms with E-state index in [0.29, 0.717) is 36.0 Å². The Bertz CT molecular complexity index is 1550. The highest BCUT2D eigenvalue weighted by Gasteiger charge is 2.17. The summed E-state index contributed by atoms with van der Waals surface area (Å²) in [6.07, 6.45) is 9.63. The summed E-state index contributed by atoms with van der Waals surface area (Å²) in [5, 5.41) is 3.00. The maximum atomic E-state index is 12.8. The molecule has 0 aliphatic rings. The van der Waals surface area contributed by atoms with E-state index in [4.69, 9.17) is 28.7 Å². The predicted octanol–water partition coefficient (Wildman–Crippen LogP) is 7.11. The van der Waals surface area contributed by atoms with Crippen LogP contribution in [0.25, 0.3) is 17.1 Å². The van der Waals surface area contributed by atoms with Crippen LogP contribution in [0.4, 0.5) is 0 Å². The first kappa shape index (κ1) is 33.2. The van der Waals surface area contributed by atoms with E-state index < -0.39 is 0 Å². The number of aryl methyl sites for hydroxylation is 2. The van der Waals surface area contributed by atoms with Crippen molar-refractivity contribution in [2.24, 2.45) is 0 Å². The molecule has 240 valence electrons. The van der Waals surface area contributed by atoms with Gasteiger partial charge in [0.15, 0.2) is 23.0 Å². The van der Waals surface area contributed by atoms with Crippen LogP contribution in [0.3, 0.4) is 0 Å². The number of hydrogen-bond donors (Lipinski definition) is 1. The summed E-state index contributed by atoms with van der Waals surface area (Å²) in [6, 6.07) is 17.6. The Morgan fingerprint density at radius 1 is 0.822 bits per heavy atom. The Labute approximate surface area is 266 Å². The molecule has 0 saturated carbocycles. The molecule has 0 bridgehead atoms. The molecule has 0 fully saturated rings. The van der Waals surface area contributed by atoms with Gasteiger partial charge in [0, 0.05) is 25.1 Å². The number of para-hydroxylation sites is 2. The van der Waals surface area contributed by atoms with Crippen molar-refractivity contribution in [2.45, 2.75) is 52.0 Å². The number of amides is 1. The molecule has 9 heteroatoms. The number of rotatable bonds is 18. The van der Waals surface area contributed by atoms with Gasteiger partial charge in [0.25, 0.3) is 5.91 Å². The number of nitrogens with one attached hydrogen (secondary N) is 1. The third-order valence-corrected chi connectivity index (χ3v) is 7.60. The lowest BCUT2D eigenvalue weighted by atomic mass is 10.1. The zero-order valence-electron chi connectivity index (χ0n) is 27.1. The number of nitrogens with zero attached hydrogens (tertiary/aromatic N) is 2. The molecule has 0 radical (unpaired) electrons. The van der Waals surface area contributed by atoms with Crippen LogP contribution >= 0.6 is 0 Å². The van der Waals surface area contributed by atoms with Gasteiger partial charge in [-0.2, -0.15) is 0 Å². The third kappa shape index (κ3) is 8.71. The van der Waals surface area contributed by atoms with Gasteiger partial charge in [0.05, 0.1) is 46.1 Å². The average Bonchev–Trinajstić information content (AvgIpc) is 3.42. The summed E-state index contributed by atoms with van der Waals surface area (Å²) < 4.78 is 30.0. The molecule has 1 heterocycles. The number of methoxy groups -OCH3 is 4. The number of carbonyl (C=O) groups is 1. The van der Waals surface area contributed by atoms with E-state index in [1.807, 2.05) is 43.3 Å². The summed E-state index contributed by atoms with van der Waals surface area (Å²) in [4.78, 5) is 17.7. The van der Waals surface area contributed by atoms with Crippen molar-refractivity contribution < 1.29 is 28.5 Å². The first-order chi connectivity index (χ1) is 22.0. The van der Waals surface area contributed by atoms with Crippen LogP contribution in [0.1, 0.15) is 60.8 Å². The van der Waals surface area contributed by atoms with Gasteiger partial charge >= 0.3 is 0 Å². The van der Waals surface area contributed by atoms with Gasteiger partial charge in [0.1, 0.15) is 5.82 Å². The molecule has 45 heavy (non-hydrogen) atoms. The van der Waals surface area contributed by atoms with Crippen molar-refractivity contribution in [3.8, 4) is 28.7 Å². The summed E-state index contributed by atoms with van der Waals surface area (Å²) in [6.45, 7) is 4.06. The highest BCUT2D eigenvalue weighted by molar-refractivity contribution is 5.95. The van der Waals surface area contributed by atoms with Crippen LogP contribution in [0.5, 0.6) is 28.7 Å². The minimum atomic E-state index is -0.177. The molecule has 3 aromatic carbocycles.